The summed E-state index contributed by atoms with van der Waals surface area (Å²) in [6, 6.07) is 0. The average Bonchev–Trinajstić information content (AvgIpc) is 2.47. The van der Waals surface area contributed by atoms with Crippen molar-refractivity contribution in [2.45, 2.75) is 35.1 Å². The Kier molecular flexibility index (Phi) is 24.2. The molecular weight excluding hydrogens is 288 g/mol. The average molecular weight is 324 g/mol. The molecule has 0 rings (SSSR count). The van der Waals surface area contributed by atoms with Crippen molar-refractivity contribution in [3.05, 3.63) is 0 Å². The zero-order valence-corrected chi connectivity index (χ0v) is 12.9. The number of hydrogen-bond donors (Lipinski definition) is 0. The lowest BCUT2D eigenvalue weighted by molar-refractivity contribution is -0.149. The molecule has 0 aromatic rings. The summed E-state index contributed by atoms with van der Waals surface area (Å²) in [5, 5.41) is 0. The summed E-state index contributed by atoms with van der Waals surface area (Å²) in [5.41, 5.74) is 0. The van der Waals surface area contributed by atoms with Gasteiger partial charge in [0, 0.05) is 7.11 Å². The molecule has 1 atom stereocenters. The van der Waals surface area contributed by atoms with Crippen LogP contribution in [0.2, 0.25) is 0 Å². The fourth-order valence-corrected chi connectivity index (χ4v) is 1.19. The van der Waals surface area contributed by atoms with Gasteiger partial charge < -0.3 is 23.7 Å². The molecule has 136 valence electrons. The van der Waals surface area contributed by atoms with Crippen LogP contribution < -0.4 is 0 Å². The summed E-state index contributed by atoms with van der Waals surface area (Å²) in [6.45, 7) is 7.76. The molecule has 0 aliphatic carbocycles. The topological polar surface area (TPSA) is 63.2 Å². The number of ether oxygens (including phenoxy) is 5. The maximum absolute atomic E-state index is 11.3. The SMILES string of the molecule is C.C.CCC(C)C(=O)OCCOCCOCCOCCOC. The molecule has 0 aliphatic rings. The first-order valence-electron chi connectivity index (χ1n) is 7.11. The van der Waals surface area contributed by atoms with E-state index < -0.39 is 0 Å². The van der Waals surface area contributed by atoms with Gasteiger partial charge in [-0.2, -0.15) is 0 Å². The maximum atomic E-state index is 11.3. The molecule has 0 heterocycles. The molecule has 6 heteroatoms. The van der Waals surface area contributed by atoms with Crippen LogP contribution in [-0.4, -0.2) is 65.9 Å². The van der Waals surface area contributed by atoms with Gasteiger partial charge in [0.25, 0.3) is 0 Å². The molecule has 22 heavy (non-hydrogen) atoms. The number of methoxy groups -OCH3 is 1. The van der Waals surface area contributed by atoms with E-state index >= 15 is 0 Å². The highest BCUT2D eigenvalue weighted by Gasteiger charge is 2.10. The smallest absolute Gasteiger partial charge is 0.308 e. The summed E-state index contributed by atoms with van der Waals surface area (Å²) in [6.07, 6.45) is 0.792. The fourth-order valence-electron chi connectivity index (χ4n) is 1.19. The molecule has 0 amide bonds. The molecule has 6 nitrogen and oxygen atoms in total. The first-order chi connectivity index (χ1) is 9.72. The molecule has 0 fully saturated rings. The molecule has 0 saturated carbocycles. The fraction of sp³-hybridized carbons (Fsp3) is 0.938. The predicted molar refractivity (Wildman–Crippen MR) is 88.2 cm³/mol. The Morgan fingerprint density at radius 2 is 1.23 bits per heavy atom. The van der Waals surface area contributed by atoms with E-state index in [2.05, 4.69) is 0 Å². The summed E-state index contributed by atoms with van der Waals surface area (Å²) in [7, 11) is 1.64. The largest absolute Gasteiger partial charge is 0.463 e. The van der Waals surface area contributed by atoms with Crippen molar-refractivity contribution in [3.8, 4) is 0 Å². The Morgan fingerprint density at radius 3 is 1.64 bits per heavy atom. The van der Waals surface area contributed by atoms with Gasteiger partial charge in [0.1, 0.15) is 6.61 Å². The van der Waals surface area contributed by atoms with Crippen molar-refractivity contribution in [1.82, 2.24) is 0 Å². The third kappa shape index (κ3) is 17.4. The van der Waals surface area contributed by atoms with Gasteiger partial charge in [-0.3, -0.25) is 4.79 Å². The van der Waals surface area contributed by atoms with E-state index in [1.54, 1.807) is 7.11 Å². The van der Waals surface area contributed by atoms with Crippen LogP contribution in [0.3, 0.4) is 0 Å². The van der Waals surface area contributed by atoms with Gasteiger partial charge in [-0.25, -0.2) is 0 Å². The number of hydrogen-bond acceptors (Lipinski definition) is 6. The Hall–Kier alpha value is -0.690. The van der Waals surface area contributed by atoms with Crippen LogP contribution in [0, 0.1) is 5.92 Å². The number of rotatable bonds is 14. The number of carbonyl (C=O) groups is 1. The number of carbonyl (C=O) groups excluding carboxylic acids is 1. The molecule has 0 bridgehead atoms. The monoisotopic (exact) mass is 324 g/mol. The normalized spacial score (nSPS) is 11.2. The van der Waals surface area contributed by atoms with Crippen molar-refractivity contribution in [2.75, 3.05) is 60.0 Å². The molecule has 0 N–H and O–H groups in total. The van der Waals surface area contributed by atoms with Gasteiger partial charge in [0.2, 0.25) is 0 Å². The lowest BCUT2D eigenvalue weighted by atomic mass is 10.1. The minimum atomic E-state index is -0.166. The Labute approximate surface area is 136 Å². The molecule has 1 unspecified atom stereocenters. The second-order valence-corrected chi connectivity index (χ2v) is 4.31. The Morgan fingerprint density at radius 1 is 0.818 bits per heavy atom. The lowest BCUT2D eigenvalue weighted by Gasteiger charge is -2.09. The van der Waals surface area contributed by atoms with Gasteiger partial charge in [0.15, 0.2) is 0 Å². The van der Waals surface area contributed by atoms with Gasteiger partial charge in [0.05, 0.1) is 52.2 Å². The third-order valence-electron chi connectivity index (χ3n) is 2.66. The van der Waals surface area contributed by atoms with Crippen LogP contribution >= 0.6 is 0 Å². The minimum absolute atomic E-state index is 0. The Bertz CT molecular complexity index is 223. The van der Waals surface area contributed by atoms with Gasteiger partial charge >= 0.3 is 5.97 Å². The summed E-state index contributed by atoms with van der Waals surface area (Å²) >= 11 is 0. The van der Waals surface area contributed by atoms with Crippen molar-refractivity contribution in [3.63, 3.8) is 0 Å². The van der Waals surface area contributed by atoms with E-state index in [0.29, 0.717) is 52.9 Å². The zero-order chi connectivity index (χ0) is 15.1. The molecule has 0 spiro atoms. The summed E-state index contributed by atoms with van der Waals surface area (Å²) in [4.78, 5) is 11.3. The van der Waals surface area contributed by atoms with Crippen LogP contribution in [0.25, 0.3) is 0 Å². The van der Waals surface area contributed by atoms with Crippen LogP contribution in [0.5, 0.6) is 0 Å². The highest BCUT2D eigenvalue weighted by Crippen LogP contribution is 2.02. The van der Waals surface area contributed by atoms with Crippen molar-refractivity contribution >= 4 is 5.97 Å². The second kappa shape index (κ2) is 20.3. The minimum Gasteiger partial charge on any atom is -0.463 e. The van der Waals surface area contributed by atoms with Crippen LogP contribution in [-0.2, 0) is 28.5 Å². The van der Waals surface area contributed by atoms with E-state index in [1.165, 1.54) is 0 Å². The van der Waals surface area contributed by atoms with Crippen molar-refractivity contribution < 1.29 is 28.5 Å². The highest BCUT2D eigenvalue weighted by atomic mass is 16.6. The Balaban J connectivity index is -0.00000180. The second-order valence-electron chi connectivity index (χ2n) is 4.31. The van der Waals surface area contributed by atoms with Gasteiger partial charge in [-0.1, -0.05) is 28.7 Å². The highest BCUT2D eigenvalue weighted by molar-refractivity contribution is 5.71. The van der Waals surface area contributed by atoms with E-state index in [1.807, 2.05) is 13.8 Å². The van der Waals surface area contributed by atoms with E-state index in [4.69, 9.17) is 23.7 Å². The maximum Gasteiger partial charge on any atom is 0.308 e. The zero-order valence-electron chi connectivity index (χ0n) is 12.9. The first-order valence-corrected chi connectivity index (χ1v) is 7.11. The molecule has 0 aliphatic heterocycles. The first kappa shape index (κ1) is 26.2. The third-order valence-corrected chi connectivity index (χ3v) is 2.66. The van der Waals surface area contributed by atoms with Crippen molar-refractivity contribution in [2.24, 2.45) is 5.92 Å². The van der Waals surface area contributed by atoms with Gasteiger partial charge in [-0.15, -0.1) is 0 Å². The van der Waals surface area contributed by atoms with Gasteiger partial charge in [-0.05, 0) is 6.42 Å². The van der Waals surface area contributed by atoms with E-state index in [-0.39, 0.29) is 26.7 Å². The molecular formula is C16H36O6. The van der Waals surface area contributed by atoms with E-state index in [9.17, 15) is 4.79 Å². The molecule has 0 saturated heterocycles. The molecule has 0 radical (unpaired) electrons. The number of esters is 1. The lowest BCUT2D eigenvalue weighted by Crippen LogP contribution is -2.18. The van der Waals surface area contributed by atoms with Crippen molar-refractivity contribution in [1.29, 1.82) is 0 Å². The summed E-state index contributed by atoms with van der Waals surface area (Å²) in [5.74, 6) is -0.211. The van der Waals surface area contributed by atoms with Crippen LogP contribution in [0.4, 0.5) is 0 Å². The standard InChI is InChI=1S/C14H28O6.2CH4/c1-4-13(2)14(15)20-12-11-19-10-9-18-8-7-17-6-5-16-3;;/h13H,4-12H2,1-3H3;2*1H4. The predicted octanol–water partition coefficient (Wildman–Crippen LogP) is 2.54. The molecule has 0 aromatic heterocycles. The van der Waals surface area contributed by atoms with Crippen LogP contribution in [0.1, 0.15) is 35.1 Å². The summed E-state index contributed by atoms with van der Waals surface area (Å²) < 4.78 is 25.7. The van der Waals surface area contributed by atoms with E-state index in [0.717, 1.165) is 6.42 Å². The molecule has 0 aromatic carbocycles. The van der Waals surface area contributed by atoms with Crippen LogP contribution in [0.15, 0.2) is 0 Å². The quantitative estimate of drug-likeness (QED) is 0.361.